The fraction of sp³-hybridized carbons (Fsp3) is 0.300. The molecule has 0 aromatic heterocycles. The molecule has 0 bridgehead atoms. The molecule has 0 radical (unpaired) electrons. The molecule has 0 aliphatic heterocycles. The Morgan fingerprint density at radius 3 is 2.62 bits per heavy atom. The lowest BCUT2D eigenvalue weighted by atomic mass is 10.2. The quantitative estimate of drug-likeness (QED) is 0.337. The van der Waals surface area contributed by atoms with Crippen LogP contribution in [0.1, 0.15) is 53.3 Å². The van der Waals surface area contributed by atoms with Gasteiger partial charge in [0.2, 0.25) is 0 Å². The Bertz CT molecular complexity index is 773. The summed E-state index contributed by atoms with van der Waals surface area (Å²) in [5, 5.41) is 9.03. The monoisotopic (exact) mass is 420 g/mol. The Kier molecular flexibility index (Phi) is 7.66. The van der Waals surface area contributed by atoms with Crippen molar-refractivity contribution in [2.24, 2.45) is 0 Å². The number of hydrogen-bond acceptors (Lipinski definition) is 4. The Balaban J connectivity index is 2.10. The zero-order valence-electron chi connectivity index (χ0n) is 14.5. The predicted molar refractivity (Wildman–Crippen MR) is 102 cm³/mol. The van der Waals surface area contributed by atoms with Crippen LogP contribution in [0.5, 0.6) is 11.5 Å². The minimum atomic E-state index is -1.08. The molecule has 5 nitrogen and oxygen atoms in total. The van der Waals surface area contributed by atoms with Crippen LogP contribution >= 0.6 is 15.9 Å². The molecule has 0 aliphatic carbocycles. The Hall–Kier alpha value is -2.34. The van der Waals surface area contributed by atoms with Gasteiger partial charge in [-0.15, -0.1) is 0 Å². The lowest BCUT2D eigenvalue weighted by Gasteiger charge is -2.12. The van der Waals surface area contributed by atoms with Gasteiger partial charge < -0.3 is 14.6 Å². The van der Waals surface area contributed by atoms with Crippen molar-refractivity contribution in [1.82, 2.24) is 0 Å². The van der Waals surface area contributed by atoms with E-state index >= 15 is 0 Å². The van der Waals surface area contributed by atoms with Crippen LogP contribution in [0.3, 0.4) is 0 Å². The normalized spacial score (nSPS) is 10.4. The Labute approximate surface area is 161 Å². The largest absolute Gasteiger partial charge is 0.493 e. The van der Waals surface area contributed by atoms with Gasteiger partial charge in [0.15, 0.2) is 0 Å². The molecule has 0 spiro atoms. The summed E-state index contributed by atoms with van der Waals surface area (Å²) in [6.45, 7) is 2.67. The van der Waals surface area contributed by atoms with E-state index in [-0.39, 0.29) is 16.9 Å². The second-order valence-electron chi connectivity index (χ2n) is 5.77. The summed E-state index contributed by atoms with van der Waals surface area (Å²) < 4.78 is 11.8. The number of halogens is 1. The topological polar surface area (TPSA) is 72.8 Å². The van der Waals surface area contributed by atoms with Crippen molar-refractivity contribution < 1.29 is 24.2 Å². The first-order valence-corrected chi connectivity index (χ1v) is 9.28. The number of hydrogen-bond donors (Lipinski definition) is 1. The minimum absolute atomic E-state index is 0.0527. The van der Waals surface area contributed by atoms with Crippen molar-refractivity contribution >= 4 is 27.9 Å². The molecule has 0 atom stereocenters. The average molecular weight is 421 g/mol. The number of carboxylic acid groups (broad SMARTS) is 1. The van der Waals surface area contributed by atoms with E-state index in [0.717, 1.165) is 30.2 Å². The molecule has 0 saturated carbocycles. The highest BCUT2D eigenvalue weighted by atomic mass is 79.9. The fourth-order valence-electron chi connectivity index (χ4n) is 2.35. The lowest BCUT2D eigenvalue weighted by molar-refractivity contribution is 0.0686. The van der Waals surface area contributed by atoms with Crippen molar-refractivity contribution in [3.8, 4) is 11.5 Å². The molecule has 6 heteroatoms. The van der Waals surface area contributed by atoms with Crippen LogP contribution in [0.15, 0.2) is 46.9 Å². The van der Waals surface area contributed by atoms with Gasteiger partial charge in [-0.2, -0.15) is 0 Å². The molecule has 2 rings (SSSR count). The number of aromatic carboxylic acids is 1. The Morgan fingerprint density at radius 1 is 1.08 bits per heavy atom. The molecule has 2 aromatic rings. The number of unbranched alkanes of at least 4 members (excludes halogenated alkanes) is 3. The number of carboxylic acids is 1. The zero-order valence-corrected chi connectivity index (χ0v) is 16.1. The van der Waals surface area contributed by atoms with Crippen LogP contribution in [0.2, 0.25) is 0 Å². The highest BCUT2D eigenvalue weighted by Crippen LogP contribution is 2.25. The van der Waals surface area contributed by atoms with Crippen LogP contribution in [-0.4, -0.2) is 23.7 Å². The van der Waals surface area contributed by atoms with Crippen LogP contribution in [-0.2, 0) is 0 Å². The summed E-state index contributed by atoms with van der Waals surface area (Å²) in [6, 6.07) is 10.9. The molecule has 0 unspecified atom stereocenters. The van der Waals surface area contributed by atoms with Gasteiger partial charge in [0.25, 0.3) is 0 Å². The smallest absolute Gasteiger partial charge is 0.347 e. The first-order chi connectivity index (χ1) is 12.5. The number of rotatable bonds is 9. The van der Waals surface area contributed by atoms with E-state index in [0.29, 0.717) is 12.4 Å². The number of ether oxygens (including phenoxy) is 2. The van der Waals surface area contributed by atoms with Gasteiger partial charge in [-0.25, -0.2) is 9.59 Å². The first kappa shape index (κ1) is 20.0. The van der Waals surface area contributed by atoms with Crippen molar-refractivity contribution in [3.63, 3.8) is 0 Å². The van der Waals surface area contributed by atoms with E-state index in [1.165, 1.54) is 24.3 Å². The maximum atomic E-state index is 12.5. The van der Waals surface area contributed by atoms with E-state index in [1.54, 1.807) is 18.2 Å². The summed E-state index contributed by atoms with van der Waals surface area (Å²) in [4.78, 5) is 23.6. The predicted octanol–water partition coefficient (Wildman–Crippen LogP) is 5.33. The fourth-order valence-corrected chi connectivity index (χ4v) is 2.71. The molecule has 138 valence electrons. The zero-order chi connectivity index (χ0) is 18.9. The van der Waals surface area contributed by atoms with Gasteiger partial charge in [0.05, 0.1) is 12.2 Å². The van der Waals surface area contributed by atoms with Crippen LogP contribution in [0.4, 0.5) is 0 Å². The standard InChI is InChI=1S/C20H21BrO5/c1-2-3-4-5-11-25-18-10-9-15(21)13-17(18)20(24)26-16-8-6-7-14(12-16)19(22)23/h6-10,12-13H,2-5,11H2,1H3,(H,22,23). The van der Waals surface area contributed by atoms with E-state index in [1.807, 2.05) is 0 Å². The van der Waals surface area contributed by atoms with Crippen molar-refractivity contribution in [3.05, 3.63) is 58.1 Å². The summed E-state index contributed by atoms with van der Waals surface area (Å²) in [6.07, 6.45) is 4.29. The van der Waals surface area contributed by atoms with Crippen LogP contribution < -0.4 is 9.47 Å². The summed E-state index contributed by atoms with van der Waals surface area (Å²) >= 11 is 3.34. The third-order valence-corrected chi connectivity index (χ3v) is 4.20. The third kappa shape index (κ3) is 5.88. The van der Waals surface area contributed by atoms with Gasteiger partial charge >= 0.3 is 11.9 Å². The highest BCUT2D eigenvalue weighted by molar-refractivity contribution is 9.10. The second kappa shape index (κ2) is 9.97. The van der Waals surface area contributed by atoms with Gasteiger partial charge in [-0.1, -0.05) is 48.2 Å². The lowest BCUT2D eigenvalue weighted by Crippen LogP contribution is -2.12. The highest BCUT2D eigenvalue weighted by Gasteiger charge is 2.16. The van der Waals surface area contributed by atoms with Gasteiger partial charge in [-0.05, 0) is 42.8 Å². The van der Waals surface area contributed by atoms with Crippen molar-refractivity contribution in [2.45, 2.75) is 32.6 Å². The maximum absolute atomic E-state index is 12.5. The van der Waals surface area contributed by atoms with Crippen LogP contribution in [0, 0.1) is 0 Å². The molecule has 0 aliphatic rings. The van der Waals surface area contributed by atoms with E-state index in [2.05, 4.69) is 22.9 Å². The molecule has 0 amide bonds. The number of benzene rings is 2. The van der Waals surface area contributed by atoms with Gasteiger partial charge in [0.1, 0.15) is 17.1 Å². The molecule has 26 heavy (non-hydrogen) atoms. The van der Waals surface area contributed by atoms with Crippen LogP contribution in [0.25, 0.3) is 0 Å². The number of esters is 1. The van der Waals surface area contributed by atoms with E-state index < -0.39 is 11.9 Å². The molecule has 0 heterocycles. The molecule has 0 saturated heterocycles. The summed E-state index contributed by atoms with van der Waals surface area (Å²) in [5.74, 6) is -1.06. The van der Waals surface area contributed by atoms with E-state index in [4.69, 9.17) is 14.6 Å². The number of carbonyl (C=O) groups is 2. The van der Waals surface area contributed by atoms with Gasteiger partial charge in [-0.3, -0.25) is 0 Å². The van der Waals surface area contributed by atoms with Gasteiger partial charge in [0, 0.05) is 4.47 Å². The molecular formula is C20H21BrO5. The second-order valence-corrected chi connectivity index (χ2v) is 6.69. The molecule has 1 N–H and O–H groups in total. The summed E-state index contributed by atoms with van der Waals surface area (Å²) in [5.41, 5.74) is 0.340. The minimum Gasteiger partial charge on any atom is -0.493 e. The van der Waals surface area contributed by atoms with E-state index in [9.17, 15) is 9.59 Å². The first-order valence-electron chi connectivity index (χ1n) is 8.49. The Morgan fingerprint density at radius 2 is 1.88 bits per heavy atom. The maximum Gasteiger partial charge on any atom is 0.347 e. The number of carbonyl (C=O) groups excluding carboxylic acids is 1. The molecular weight excluding hydrogens is 400 g/mol. The van der Waals surface area contributed by atoms with Crippen molar-refractivity contribution in [1.29, 1.82) is 0 Å². The van der Waals surface area contributed by atoms with Crippen molar-refractivity contribution in [2.75, 3.05) is 6.61 Å². The SMILES string of the molecule is CCCCCCOc1ccc(Br)cc1C(=O)Oc1cccc(C(=O)O)c1. The third-order valence-electron chi connectivity index (χ3n) is 3.71. The average Bonchev–Trinajstić information content (AvgIpc) is 2.62. The molecule has 2 aromatic carbocycles. The molecule has 0 fully saturated rings. The summed E-state index contributed by atoms with van der Waals surface area (Å²) in [7, 11) is 0.